The number of thioether (sulfide) groups is 1. The highest BCUT2D eigenvalue weighted by molar-refractivity contribution is 7.98. The zero-order chi connectivity index (χ0) is 12.8. The molecule has 1 aromatic heterocycles. The fourth-order valence-electron chi connectivity index (χ4n) is 1.56. The molecule has 0 aliphatic rings. The molecule has 0 saturated heterocycles. The number of para-hydroxylation sites is 1. The van der Waals surface area contributed by atoms with Crippen molar-refractivity contribution in [1.29, 1.82) is 0 Å². The van der Waals surface area contributed by atoms with Crippen LogP contribution in [0.4, 0.5) is 5.82 Å². The molecule has 0 radical (unpaired) electrons. The standard InChI is InChI=1S/C14H16N2OS/c1-15-14-8-7-11(9-16-14)10-17-12-5-3-4-6-13(12)18-2/h3-9H,10H2,1-2H3,(H,15,16). The summed E-state index contributed by atoms with van der Waals surface area (Å²) in [7, 11) is 1.85. The minimum atomic E-state index is 0.536. The van der Waals surface area contributed by atoms with Gasteiger partial charge in [0.1, 0.15) is 18.2 Å². The van der Waals surface area contributed by atoms with E-state index in [1.165, 1.54) is 0 Å². The van der Waals surface area contributed by atoms with Gasteiger partial charge in [-0.1, -0.05) is 18.2 Å². The number of nitrogens with one attached hydrogen (secondary N) is 1. The van der Waals surface area contributed by atoms with Crippen LogP contribution in [-0.2, 0) is 6.61 Å². The summed E-state index contributed by atoms with van der Waals surface area (Å²) in [6, 6.07) is 12.0. The van der Waals surface area contributed by atoms with Crippen LogP contribution in [0.15, 0.2) is 47.5 Å². The lowest BCUT2D eigenvalue weighted by Gasteiger charge is -2.09. The summed E-state index contributed by atoms with van der Waals surface area (Å²) in [5.41, 5.74) is 1.06. The third-order valence-corrected chi connectivity index (χ3v) is 3.32. The summed E-state index contributed by atoms with van der Waals surface area (Å²) in [5, 5.41) is 2.99. The molecule has 4 heteroatoms. The zero-order valence-corrected chi connectivity index (χ0v) is 11.3. The maximum absolute atomic E-state index is 5.81. The van der Waals surface area contributed by atoms with Crippen molar-refractivity contribution in [1.82, 2.24) is 4.98 Å². The Morgan fingerprint density at radius 2 is 2.06 bits per heavy atom. The van der Waals surface area contributed by atoms with Gasteiger partial charge in [0, 0.05) is 23.7 Å². The molecule has 0 bridgehead atoms. The molecule has 3 nitrogen and oxygen atoms in total. The van der Waals surface area contributed by atoms with Crippen molar-refractivity contribution in [2.45, 2.75) is 11.5 Å². The topological polar surface area (TPSA) is 34.1 Å². The summed E-state index contributed by atoms with van der Waals surface area (Å²) in [4.78, 5) is 5.41. The zero-order valence-electron chi connectivity index (χ0n) is 10.5. The Morgan fingerprint density at radius 3 is 2.72 bits per heavy atom. The second-order valence-corrected chi connectivity index (χ2v) is 4.59. The number of ether oxygens (including phenoxy) is 1. The van der Waals surface area contributed by atoms with E-state index in [1.54, 1.807) is 11.8 Å². The Balaban J connectivity index is 2.02. The summed E-state index contributed by atoms with van der Waals surface area (Å²) >= 11 is 1.69. The van der Waals surface area contributed by atoms with Gasteiger partial charge in [-0.05, 0) is 24.5 Å². The molecule has 1 aromatic carbocycles. The van der Waals surface area contributed by atoms with Crippen LogP contribution in [0.3, 0.4) is 0 Å². The predicted octanol–water partition coefficient (Wildman–Crippen LogP) is 3.42. The van der Waals surface area contributed by atoms with Gasteiger partial charge in [-0.2, -0.15) is 0 Å². The first-order valence-corrected chi connectivity index (χ1v) is 6.94. The number of nitrogens with zero attached hydrogens (tertiary/aromatic N) is 1. The van der Waals surface area contributed by atoms with E-state index in [0.717, 1.165) is 22.0 Å². The Morgan fingerprint density at radius 1 is 1.22 bits per heavy atom. The number of rotatable bonds is 5. The minimum Gasteiger partial charge on any atom is -0.488 e. The number of hydrogen-bond acceptors (Lipinski definition) is 4. The van der Waals surface area contributed by atoms with Crippen molar-refractivity contribution in [2.75, 3.05) is 18.6 Å². The van der Waals surface area contributed by atoms with Crippen molar-refractivity contribution < 1.29 is 4.74 Å². The molecule has 2 aromatic rings. The fraction of sp³-hybridized carbons (Fsp3) is 0.214. The second kappa shape index (κ2) is 6.31. The lowest BCUT2D eigenvalue weighted by atomic mass is 10.3. The van der Waals surface area contributed by atoms with Crippen LogP contribution in [0.5, 0.6) is 5.75 Å². The lowest BCUT2D eigenvalue weighted by Crippen LogP contribution is -1.98. The Labute approximate surface area is 112 Å². The smallest absolute Gasteiger partial charge is 0.133 e. The van der Waals surface area contributed by atoms with Gasteiger partial charge in [-0.25, -0.2) is 4.98 Å². The van der Waals surface area contributed by atoms with Crippen LogP contribution in [0, 0.1) is 0 Å². The van der Waals surface area contributed by atoms with E-state index in [1.807, 2.05) is 49.8 Å². The summed E-state index contributed by atoms with van der Waals surface area (Å²) in [6.07, 6.45) is 3.87. The van der Waals surface area contributed by atoms with Crippen LogP contribution in [0.2, 0.25) is 0 Å². The van der Waals surface area contributed by atoms with E-state index in [-0.39, 0.29) is 0 Å². The Hall–Kier alpha value is -1.68. The van der Waals surface area contributed by atoms with E-state index in [9.17, 15) is 0 Å². The van der Waals surface area contributed by atoms with Gasteiger partial charge < -0.3 is 10.1 Å². The second-order valence-electron chi connectivity index (χ2n) is 3.74. The van der Waals surface area contributed by atoms with E-state index in [4.69, 9.17) is 4.74 Å². The first-order chi connectivity index (χ1) is 8.83. The van der Waals surface area contributed by atoms with E-state index in [2.05, 4.69) is 16.4 Å². The fourth-order valence-corrected chi connectivity index (χ4v) is 2.10. The van der Waals surface area contributed by atoms with Crippen LogP contribution in [0.1, 0.15) is 5.56 Å². The predicted molar refractivity (Wildman–Crippen MR) is 76.3 cm³/mol. The maximum Gasteiger partial charge on any atom is 0.133 e. The third kappa shape index (κ3) is 3.17. The van der Waals surface area contributed by atoms with Gasteiger partial charge >= 0.3 is 0 Å². The van der Waals surface area contributed by atoms with Gasteiger partial charge in [0.25, 0.3) is 0 Å². The average Bonchev–Trinajstić information content (AvgIpc) is 2.46. The summed E-state index contributed by atoms with van der Waals surface area (Å²) in [6.45, 7) is 0.536. The molecule has 0 aliphatic carbocycles. The molecular weight excluding hydrogens is 244 g/mol. The van der Waals surface area contributed by atoms with Gasteiger partial charge in [0.2, 0.25) is 0 Å². The average molecular weight is 260 g/mol. The van der Waals surface area contributed by atoms with Gasteiger partial charge in [0.15, 0.2) is 0 Å². The lowest BCUT2D eigenvalue weighted by molar-refractivity contribution is 0.298. The molecule has 0 fully saturated rings. The van der Waals surface area contributed by atoms with Crippen molar-refractivity contribution in [3.8, 4) is 5.75 Å². The molecule has 0 spiro atoms. The molecule has 1 N–H and O–H groups in total. The molecule has 0 unspecified atom stereocenters. The van der Waals surface area contributed by atoms with Gasteiger partial charge in [-0.15, -0.1) is 11.8 Å². The maximum atomic E-state index is 5.81. The highest BCUT2D eigenvalue weighted by atomic mass is 32.2. The minimum absolute atomic E-state index is 0.536. The number of anilines is 1. The van der Waals surface area contributed by atoms with Crippen LogP contribution < -0.4 is 10.1 Å². The summed E-state index contributed by atoms with van der Waals surface area (Å²) < 4.78 is 5.81. The number of hydrogen-bond donors (Lipinski definition) is 1. The molecule has 94 valence electrons. The highest BCUT2D eigenvalue weighted by Crippen LogP contribution is 2.27. The monoisotopic (exact) mass is 260 g/mol. The van der Waals surface area contributed by atoms with Crippen LogP contribution in [0.25, 0.3) is 0 Å². The van der Waals surface area contributed by atoms with Crippen LogP contribution in [-0.4, -0.2) is 18.3 Å². The van der Waals surface area contributed by atoms with E-state index in [0.29, 0.717) is 6.61 Å². The molecule has 1 heterocycles. The number of aromatic nitrogens is 1. The SMILES string of the molecule is CNc1ccc(COc2ccccc2SC)cn1. The third-order valence-electron chi connectivity index (χ3n) is 2.54. The first kappa shape index (κ1) is 12.8. The Bertz CT molecular complexity index is 499. The molecular formula is C14H16N2OS. The van der Waals surface area contributed by atoms with Crippen molar-refractivity contribution in [3.63, 3.8) is 0 Å². The van der Waals surface area contributed by atoms with Gasteiger partial charge in [0.05, 0.1) is 0 Å². The molecule has 0 saturated carbocycles. The Kier molecular flexibility index (Phi) is 4.47. The normalized spacial score (nSPS) is 10.1. The van der Waals surface area contributed by atoms with E-state index < -0.39 is 0 Å². The van der Waals surface area contributed by atoms with Crippen molar-refractivity contribution in [3.05, 3.63) is 48.2 Å². The molecule has 0 atom stereocenters. The van der Waals surface area contributed by atoms with Crippen molar-refractivity contribution >= 4 is 17.6 Å². The van der Waals surface area contributed by atoms with Crippen molar-refractivity contribution in [2.24, 2.45) is 0 Å². The first-order valence-electron chi connectivity index (χ1n) is 5.72. The largest absolute Gasteiger partial charge is 0.488 e. The molecule has 2 rings (SSSR count). The highest BCUT2D eigenvalue weighted by Gasteiger charge is 2.02. The van der Waals surface area contributed by atoms with Crippen LogP contribution >= 0.6 is 11.8 Å². The quantitative estimate of drug-likeness (QED) is 0.835. The number of benzene rings is 1. The molecule has 0 aliphatic heterocycles. The molecule has 0 amide bonds. The van der Waals surface area contributed by atoms with E-state index >= 15 is 0 Å². The summed E-state index contributed by atoms with van der Waals surface area (Å²) in [5.74, 6) is 1.78. The van der Waals surface area contributed by atoms with Gasteiger partial charge in [-0.3, -0.25) is 0 Å². The number of pyridine rings is 1. The molecule has 18 heavy (non-hydrogen) atoms.